The fourth-order valence-corrected chi connectivity index (χ4v) is 5.66. The lowest BCUT2D eigenvalue weighted by atomic mass is 9.77. The number of ether oxygens (including phenoxy) is 2. The number of carbonyl (C=O) groups excluding carboxylic acids is 1. The Morgan fingerprint density at radius 1 is 1.16 bits per heavy atom. The zero-order valence-electron chi connectivity index (χ0n) is 21.9. The van der Waals surface area contributed by atoms with Gasteiger partial charge in [0.2, 0.25) is 0 Å². The van der Waals surface area contributed by atoms with E-state index in [1.807, 2.05) is 34.6 Å². The van der Waals surface area contributed by atoms with Gasteiger partial charge in [-0.25, -0.2) is 4.79 Å². The summed E-state index contributed by atoms with van der Waals surface area (Å²) < 4.78 is 12.3. The van der Waals surface area contributed by atoms with E-state index in [2.05, 4.69) is 27.7 Å². The standard InChI is InChI=1S/C26H47NO4S/c1-10-18(22(32)24(2,3)4)20(28)21-19(16-17-14-12-11-13-15-17)27(26(8,9)30-21)23(29)31-25(5,6)7/h17-21,28H,10-16H2,1-9H3/t18-,19+,20+,21-/m1/s1. The molecule has 4 atom stereocenters. The number of nitrogens with zero attached hydrogens (tertiary/aromatic N) is 1. The predicted molar refractivity (Wildman–Crippen MR) is 134 cm³/mol. The Balaban J connectivity index is 2.39. The van der Waals surface area contributed by atoms with Gasteiger partial charge < -0.3 is 14.6 Å². The van der Waals surface area contributed by atoms with E-state index in [-0.39, 0.29) is 23.5 Å². The number of amides is 1. The summed E-state index contributed by atoms with van der Waals surface area (Å²) in [5.74, 6) is 0.360. The molecule has 1 heterocycles. The second kappa shape index (κ2) is 10.3. The van der Waals surface area contributed by atoms with Crippen molar-refractivity contribution < 1.29 is 19.4 Å². The topological polar surface area (TPSA) is 59.0 Å². The average Bonchev–Trinajstić information content (AvgIpc) is 2.91. The van der Waals surface area contributed by atoms with E-state index >= 15 is 0 Å². The molecule has 0 unspecified atom stereocenters. The van der Waals surface area contributed by atoms with E-state index in [1.165, 1.54) is 32.1 Å². The lowest BCUT2D eigenvalue weighted by molar-refractivity contribution is -0.109. The molecule has 1 aliphatic carbocycles. The lowest BCUT2D eigenvalue weighted by Crippen LogP contribution is -2.52. The van der Waals surface area contributed by atoms with Gasteiger partial charge in [-0.15, -0.1) is 0 Å². The molecular formula is C26H47NO4S. The van der Waals surface area contributed by atoms with Crippen LogP contribution in [0.4, 0.5) is 4.79 Å². The van der Waals surface area contributed by atoms with Crippen molar-refractivity contribution in [2.24, 2.45) is 17.3 Å². The minimum Gasteiger partial charge on any atom is -0.444 e. The van der Waals surface area contributed by atoms with Crippen molar-refractivity contribution in [2.45, 2.75) is 137 Å². The normalized spacial score (nSPS) is 26.6. The van der Waals surface area contributed by atoms with Crippen LogP contribution in [-0.4, -0.2) is 50.5 Å². The molecule has 6 heteroatoms. The molecule has 186 valence electrons. The Labute approximate surface area is 201 Å². The smallest absolute Gasteiger partial charge is 0.412 e. The van der Waals surface area contributed by atoms with Crippen molar-refractivity contribution in [3.8, 4) is 0 Å². The summed E-state index contributed by atoms with van der Waals surface area (Å²) in [5, 5.41) is 11.6. The highest BCUT2D eigenvalue weighted by Crippen LogP contribution is 2.42. The summed E-state index contributed by atoms with van der Waals surface area (Å²) in [4.78, 5) is 16.0. The highest BCUT2D eigenvalue weighted by Gasteiger charge is 2.55. The van der Waals surface area contributed by atoms with Crippen LogP contribution in [0.15, 0.2) is 0 Å². The first-order valence-corrected chi connectivity index (χ1v) is 12.9. The molecule has 2 fully saturated rings. The van der Waals surface area contributed by atoms with Gasteiger partial charge in [-0.2, -0.15) is 0 Å². The van der Waals surface area contributed by atoms with E-state index in [4.69, 9.17) is 21.7 Å². The molecule has 2 rings (SSSR count). The van der Waals surface area contributed by atoms with E-state index in [0.717, 1.165) is 17.7 Å². The Bertz CT molecular complexity index is 658. The van der Waals surface area contributed by atoms with Gasteiger partial charge >= 0.3 is 6.09 Å². The molecule has 0 spiro atoms. The van der Waals surface area contributed by atoms with Gasteiger partial charge in [0.05, 0.1) is 12.1 Å². The van der Waals surface area contributed by atoms with Crippen LogP contribution in [0, 0.1) is 17.3 Å². The van der Waals surface area contributed by atoms with Gasteiger partial charge in [0.1, 0.15) is 17.4 Å². The highest BCUT2D eigenvalue weighted by atomic mass is 32.1. The van der Waals surface area contributed by atoms with Crippen LogP contribution >= 0.6 is 12.2 Å². The van der Waals surface area contributed by atoms with Crippen LogP contribution < -0.4 is 0 Å². The number of hydrogen-bond acceptors (Lipinski definition) is 5. The number of rotatable bonds is 6. The van der Waals surface area contributed by atoms with E-state index < -0.39 is 23.5 Å². The first kappa shape index (κ1) is 27.5. The maximum Gasteiger partial charge on any atom is 0.412 e. The molecule has 1 N–H and O–H groups in total. The number of aliphatic hydroxyl groups excluding tert-OH is 1. The molecule has 0 aromatic rings. The second-order valence-electron chi connectivity index (χ2n) is 12.3. The molecule has 32 heavy (non-hydrogen) atoms. The molecule has 1 aliphatic heterocycles. The maximum absolute atomic E-state index is 13.3. The van der Waals surface area contributed by atoms with Crippen molar-refractivity contribution in [1.29, 1.82) is 0 Å². The Morgan fingerprint density at radius 3 is 2.19 bits per heavy atom. The number of carbonyl (C=O) groups is 1. The summed E-state index contributed by atoms with van der Waals surface area (Å²) in [7, 11) is 0. The maximum atomic E-state index is 13.3. The van der Waals surface area contributed by atoms with Crippen LogP contribution in [0.25, 0.3) is 0 Å². The molecule has 0 aromatic carbocycles. The fourth-order valence-electron chi connectivity index (χ4n) is 5.35. The summed E-state index contributed by atoms with van der Waals surface area (Å²) in [6.45, 7) is 17.8. The third-order valence-corrected chi connectivity index (χ3v) is 7.79. The van der Waals surface area contributed by atoms with Crippen LogP contribution in [0.2, 0.25) is 0 Å². The Morgan fingerprint density at radius 2 is 1.72 bits per heavy atom. The van der Waals surface area contributed by atoms with E-state index in [9.17, 15) is 9.90 Å². The largest absolute Gasteiger partial charge is 0.444 e. The average molecular weight is 470 g/mol. The minimum absolute atomic E-state index is 0.168. The number of aliphatic hydroxyl groups is 1. The van der Waals surface area contributed by atoms with E-state index in [1.54, 1.807) is 4.90 Å². The quantitative estimate of drug-likeness (QED) is 0.450. The van der Waals surface area contributed by atoms with E-state index in [0.29, 0.717) is 5.92 Å². The second-order valence-corrected chi connectivity index (χ2v) is 12.7. The Hall–Kier alpha value is -0.720. The minimum atomic E-state index is -0.866. The molecule has 2 aliphatic rings. The summed E-state index contributed by atoms with van der Waals surface area (Å²) >= 11 is 5.81. The van der Waals surface area contributed by atoms with Crippen molar-refractivity contribution in [2.75, 3.05) is 0 Å². The van der Waals surface area contributed by atoms with Gasteiger partial charge in [0.15, 0.2) is 0 Å². The van der Waals surface area contributed by atoms with Gasteiger partial charge in [0.25, 0.3) is 0 Å². The molecule has 0 radical (unpaired) electrons. The molecule has 1 amide bonds. The highest BCUT2D eigenvalue weighted by molar-refractivity contribution is 7.80. The Kier molecular flexibility index (Phi) is 8.83. The lowest BCUT2D eigenvalue weighted by Gasteiger charge is -2.38. The summed E-state index contributed by atoms with van der Waals surface area (Å²) in [6.07, 6.45) is 5.99. The third kappa shape index (κ3) is 6.66. The fraction of sp³-hybridized carbons (Fsp3) is 0.923. The van der Waals surface area contributed by atoms with Crippen LogP contribution in [-0.2, 0) is 9.47 Å². The van der Waals surface area contributed by atoms with Gasteiger partial charge in [-0.3, -0.25) is 4.90 Å². The first-order chi connectivity index (χ1) is 14.6. The molecular weight excluding hydrogens is 422 g/mol. The van der Waals surface area contributed by atoms with Crippen molar-refractivity contribution in [3.05, 3.63) is 0 Å². The first-order valence-electron chi connectivity index (χ1n) is 12.5. The SMILES string of the molecule is CC[C@@H](C(=S)C(C)(C)C)[C@H](O)[C@@H]1OC(C)(C)N(C(=O)OC(C)(C)C)[C@H]1CC1CCCCC1. The third-order valence-electron chi connectivity index (χ3n) is 6.87. The van der Waals surface area contributed by atoms with Gasteiger partial charge in [0, 0.05) is 10.8 Å². The summed E-state index contributed by atoms with van der Waals surface area (Å²) in [5.41, 5.74) is -1.65. The number of hydrogen-bond donors (Lipinski definition) is 1. The summed E-state index contributed by atoms with van der Waals surface area (Å²) in [6, 6.07) is -0.241. The van der Waals surface area contributed by atoms with Crippen LogP contribution in [0.3, 0.4) is 0 Å². The van der Waals surface area contributed by atoms with Crippen LogP contribution in [0.5, 0.6) is 0 Å². The molecule has 0 bridgehead atoms. The molecule has 0 aromatic heterocycles. The van der Waals surface area contributed by atoms with Gasteiger partial charge in [-0.1, -0.05) is 72.0 Å². The zero-order chi connectivity index (χ0) is 24.5. The van der Waals surface area contributed by atoms with Crippen molar-refractivity contribution >= 4 is 23.2 Å². The van der Waals surface area contributed by atoms with Crippen molar-refractivity contribution in [3.63, 3.8) is 0 Å². The zero-order valence-corrected chi connectivity index (χ0v) is 22.7. The number of thiocarbonyl (C=S) groups is 1. The predicted octanol–water partition coefficient (Wildman–Crippen LogP) is 6.50. The molecule has 1 saturated heterocycles. The van der Waals surface area contributed by atoms with Crippen LogP contribution in [0.1, 0.15) is 107 Å². The molecule has 5 nitrogen and oxygen atoms in total. The monoisotopic (exact) mass is 469 g/mol. The van der Waals surface area contributed by atoms with Gasteiger partial charge in [-0.05, 0) is 58.8 Å². The molecule has 1 saturated carbocycles. The van der Waals surface area contributed by atoms with Crippen molar-refractivity contribution in [1.82, 2.24) is 4.90 Å².